The Hall–Kier alpha value is -0.0400. The first-order valence-corrected chi connectivity index (χ1v) is 13.9. The predicted octanol–water partition coefficient (Wildman–Crippen LogP) is 8.25. The van der Waals surface area contributed by atoms with Crippen LogP contribution in [0.2, 0.25) is 0 Å². The molecule has 5 aliphatic rings. The summed E-state index contributed by atoms with van der Waals surface area (Å²) in [6.07, 6.45) is 15.1. The first-order valence-electron chi connectivity index (χ1n) is 13.9. The lowest BCUT2D eigenvalue weighted by atomic mass is 9.30. The first-order chi connectivity index (χ1) is 14.2. The van der Waals surface area contributed by atoms with E-state index in [1.165, 1.54) is 64.2 Å². The van der Waals surface area contributed by atoms with Gasteiger partial charge in [0.05, 0.1) is 6.10 Å². The Morgan fingerprint density at radius 3 is 1.90 bits per heavy atom. The fourth-order valence-corrected chi connectivity index (χ4v) is 11.4. The van der Waals surface area contributed by atoms with Crippen molar-refractivity contribution >= 4 is 0 Å². The SMILES string of the molecule is C[C@H]1[C@@H](O)CC[C@@H]2[C@]1(C)CC[C@H]1[C@@]2(C)CCC2(C)[C@@H]3CC(C)(C)CC[C@]3(C)CC[C@]12C. The van der Waals surface area contributed by atoms with E-state index in [1.54, 1.807) is 0 Å². The highest BCUT2D eigenvalue weighted by Crippen LogP contribution is 2.78. The van der Waals surface area contributed by atoms with Crippen LogP contribution in [0.25, 0.3) is 0 Å². The standard InChI is InChI=1S/C30H52O/c1-20-21(31)9-10-22-27(20,5)12-11-23-28(22,6)16-18-30(8)24-19-25(2,3)13-14-26(24,4)15-17-29(23,30)7/h20-24,31H,9-19H2,1-8H3/t20-,21-,22+,23-,24+,26+,27+,28-,29+,30?/m0/s1. The van der Waals surface area contributed by atoms with Crippen molar-refractivity contribution in [3.8, 4) is 0 Å². The van der Waals surface area contributed by atoms with E-state index >= 15 is 0 Å². The number of fused-ring (bicyclic) bond motifs is 7. The van der Waals surface area contributed by atoms with Crippen LogP contribution in [-0.4, -0.2) is 11.2 Å². The molecule has 5 saturated carbocycles. The van der Waals surface area contributed by atoms with E-state index in [0.29, 0.717) is 38.4 Å². The minimum atomic E-state index is -0.0781. The number of aliphatic hydroxyl groups is 1. The number of aliphatic hydroxyl groups excluding tert-OH is 1. The van der Waals surface area contributed by atoms with Gasteiger partial charge < -0.3 is 5.11 Å². The third kappa shape index (κ3) is 2.77. The van der Waals surface area contributed by atoms with E-state index in [9.17, 15) is 5.11 Å². The zero-order valence-corrected chi connectivity index (χ0v) is 22.1. The van der Waals surface area contributed by atoms with Gasteiger partial charge in [-0.15, -0.1) is 0 Å². The van der Waals surface area contributed by atoms with Crippen LogP contribution in [0.3, 0.4) is 0 Å². The van der Waals surface area contributed by atoms with Crippen molar-refractivity contribution in [2.45, 2.75) is 132 Å². The van der Waals surface area contributed by atoms with Crippen LogP contribution in [-0.2, 0) is 0 Å². The summed E-state index contributed by atoms with van der Waals surface area (Å²) in [5.41, 5.74) is 2.88. The number of rotatable bonds is 0. The molecule has 0 aromatic heterocycles. The van der Waals surface area contributed by atoms with Gasteiger partial charge in [-0.25, -0.2) is 0 Å². The molecule has 5 rings (SSSR count). The molecule has 0 radical (unpaired) electrons. The van der Waals surface area contributed by atoms with Crippen molar-refractivity contribution in [1.82, 2.24) is 0 Å². The lowest BCUT2D eigenvalue weighted by Gasteiger charge is -2.75. The third-order valence-electron chi connectivity index (χ3n) is 13.9. The van der Waals surface area contributed by atoms with Gasteiger partial charge in [0.2, 0.25) is 0 Å². The van der Waals surface area contributed by atoms with E-state index in [2.05, 4.69) is 55.4 Å². The summed E-state index contributed by atoms with van der Waals surface area (Å²) >= 11 is 0. The zero-order valence-electron chi connectivity index (χ0n) is 22.1. The molecule has 178 valence electrons. The average Bonchev–Trinajstić information content (AvgIpc) is 2.69. The Labute approximate surface area is 193 Å². The van der Waals surface area contributed by atoms with Crippen molar-refractivity contribution in [3.63, 3.8) is 0 Å². The fraction of sp³-hybridized carbons (Fsp3) is 1.00. The van der Waals surface area contributed by atoms with E-state index in [-0.39, 0.29) is 6.10 Å². The highest BCUT2D eigenvalue weighted by Gasteiger charge is 2.70. The molecule has 1 unspecified atom stereocenters. The monoisotopic (exact) mass is 428 g/mol. The molecule has 0 amide bonds. The maximum absolute atomic E-state index is 10.7. The summed E-state index contributed by atoms with van der Waals surface area (Å²) in [5, 5.41) is 10.7. The van der Waals surface area contributed by atoms with Crippen LogP contribution >= 0.6 is 0 Å². The van der Waals surface area contributed by atoms with Crippen LogP contribution < -0.4 is 0 Å². The molecule has 0 bridgehead atoms. The van der Waals surface area contributed by atoms with Gasteiger partial charge in [0, 0.05) is 0 Å². The first kappa shape index (κ1) is 22.7. The van der Waals surface area contributed by atoms with Crippen molar-refractivity contribution in [1.29, 1.82) is 0 Å². The van der Waals surface area contributed by atoms with Gasteiger partial charge in [0.15, 0.2) is 0 Å². The van der Waals surface area contributed by atoms with E-state index < -0.39 is 0 Å². The highest BCUT2D eigenvalue weighted by atomic mass is 16.3. The molecule has 0 aromatic rings. The van der Waals surface area contributed by atoms with E-state index in [0.717, 1.165) is 24.2 Å². The van der Waals surface area contributed by atoms with Crippen molar-refractivity contribution in [3.05, 3.63) is 0 Å². The van der Waals surface area contributed by atoms with Crippen molar-refractivity contribution < 1.29 is 5.11 Å². The van der Waals surface area contributed by atoms with Crippen LogP contribution in [0, 0.1) is 56.2 Å². The van der Waals surface area contributed by atoms with Gasteiger partial charge in [-0.2, -0.15) is 0 Å². The average molecular weight is 429 g/mol. The molecule has 0 heterocycles. The second kappa shape index (κ2) is 6.55. The molecule has 5 fully saturated rings. The molecular formula is C30H52O. The molecule has 1 N–H and O–H groups in total. The quantitative estimate of drug-likeness (QED) is 0.412. The van der Waals surface area contributed by atoms with Gasteiger partial charge in [0.1, 0.15) is 0 Å². The molecule has 0 aliphatic heterocycles. The summed E-state index contributed by atoms with van der Waals surface area (Å²) < 4.78 is 0. The molecule has 31 heavy (non-hydrogen) atoms. The molecule has 10 atom stereocenters. The lowest BCUT2D eigenvalue weighted by molar-refractivity contribution is -0.263. The summed E-state index contributed by atoms with van der Waals surface area (Å²) in [6.45, 7) is 20.9. The van der Waals surface area contributed by atoms with Gasteiger partial charge in [-0.05, 0) is 127 Å². The summed E-state index contributed by atoms with van der Waals surface area (Å²) in [6, 6.07) is 0. The Bertz CT molecular complexity index is 741. The van der Waals surface area contributed by atoms with E-state index in [1.807, 2.05) is 0 Å². The minimum Gasteiger partial charge on any atom is -0.393 e. The second-order valence-corrected chi connectivity index (χ2v) is 15.5. The molecule has 0 spiro atoms. The Morgan fingerprint density at radius 1 is 0.581 bits per heavy atom. The number of hydrogen-bond acceptors (Lipinski definition) is 1. The maximum Gasteiger partial charge on any atom is 0.0571 e. The van der Waals surface area contributed by atoms with Gasteiger partial charge >= 0.3 is 0 Å². The topological polar surface area (TPSA) is 20.2 Å². The normalized spacial score (nSPS) is 60.9. The largest absolute Gasteiger partial charge is 0.393 e. The van der Waals surface area contributed by atoms with Crippen LogP contribution in [0.4, 0.5) is 0 Å². The Morgan fingerprint density at radius 2 is 1.19 bits per heavy atom. The van der Waals surface area contributed by atoms with Crippen LogP contribution in [0.1, 0.15) is 126 Å². The van der Waals surface area contributed by atoms with Gasteiger partial charge in [-0.1, -0.05) is 55.4 Å². The van der Waals surface area contributed by atoms with Crippen LogP contribution in [0.15, 0.2) is 0 Å². The summed E-state index contributed by atoms with van der Waals surface area (Å²) in [5.74, 6) is 3.02. The molecule has 1 heteroatoms. The summed E-state index contributed by atoms with van der Waals surface area (Å²) in [4.78, 5) is 0. The smallest absolute Gasteiger partial charge is 0.0571 e. The molecule has 1 nitrogen and oxygen atoms in total. The van der Waals surface area contributed by atoms with Crippen molar-refractivity contribution in [2.75, 3.05) is 0 Å². The molecule has 0 saturated heterocycles. The molecule has 0 aromatic carbocycles. The van der Waals surface area contributed by atoms with Gasteiger partial charge in [0.25, 0.3) is 0 Å². The minimum absolute atomic E-state index is 0.0781. The van der Waals surface area contributed by atoms with E-state index in [4.69, 9.17) is 0 Å². The summed E-state index contributed by atoms with van der Waals surface area (Å²) in [7, 11) is 0. The predicted molar refractivity (Wildman–Crippen MR) is 131 cm³/mol. The maximum atomic E-state index is 10.7. The van der Waals surface area contributed by atoms with Crippen molar-refractivity contribution in [2.24, 2.45) is 56.2 Å². The molecule has 5 aliphatic carbocycles. The fourth-order valence-electron chi connectivity index (χ4n) is 11.4. The highest BCUT2D eigenvalue weighted by molar-refractivity contribution is 5.19. The molecular weight excluding hydrogens is 376 g/mol. The Kier molecular flexibility index (Phi) is 4.80. The van der Waals surface area contributed by atoms with Gasteiger partial charge in [-0.3, -0.25) is 0 Å². The Balaban J connectivity index is 1.54. The second-order valence-electron chi connectivity index (χ2n) is 15.5. The third-order valence-corrected chi connectivity index (χ3v) is 13.9. The number of hydrogen-bond donors (Lipinski definition) is 1. The zero-order chi connectivity index (χ0) is 22.7. The lowest BCUT2D eigenvalue weighted by Crippen LogP contribution is -2.67. The van der Waals surface area contributed by atoms with Crippen LogP contribution in [0.5, 0.6) is 0 Å².